The number of para-hydroxylation sites is 1. The summed E-state index contributed by atoms with van der Waals surface area (Å²) < 4.78 is 0. The SMILES string of the molecule is Cc1ccc(C(=O)NC(=S)Nc2ccc(C(=O)N(C)c3ccccc3)cc2)cc1. The lowest BCUT2D eigenvalue weighted by atomic mass is 10.1. The Kier molecular flexibility index (Phi) is 6.36. The van der Waals surface area contributed by atoms with Crippen molar-refractivity contribution < 1.29 is 9.59 Å². The summed E-state index contributed by atoms with van der Waals surface area (Å²) in [5, 5.41) is 5.79. The van der Waals surface area contributed by atoms with Crippen LogP contribution in [0.3, 0.4) is 0 Å². The molecule has 0 fully saturated rings. The van der Waals surface area contributed by atoms with E-state index in [1.165, 1.54) is 0 Å². The van der Waals surface area contributed by atoms with Gasteiger partial charge < -0.3 is 10.2 Å². The summed E-state index contributed by atoms with van der Waals surface area (Å²) in [5.41, 5.74) is 3.66. The van der Waals surface area contributed by atoms with Crippen molar-refractivity contribution in [1.82, 2.24) is 5.32 Å². The van der Waals surface area contributed by atoms with Crippen LogP contribution in [0.5, 0.6) is 0 Å². The number of anilines is 2. The molecule has 146 valence electrons. The summed E-state index contributed by atoms with van der Waals surface area (Å²) in [6.45, 7) is 1.96. The molecular weight excluding hydrogens is 382 g/mol. The first-order valence-corrected chi connectivity index (χ1v) is 9.47. The summed E-state index contributed by atoms with van der Waals surface area (Å²) in [4.78, 5) is 26.4. The van der Waals surface area contributed by atoms with Gasteiger partial charge in [0.15, 0.2) is 5.11 Å². The molecule has 3 aromatic rings. The number of nitrogens with one attached hydrogen (secondary N) is 2. The predicted molar refractivity (Wildman–Crippen MR) is 120 cm³/mol. The molecule has 0 saturated carbocycles. The average molecular weight is 404 g/mol. The van der Waals surface area contributed by atoms with Gasteiger partial charge in [0.05, 0.1) is 0 Å². The quantitative estimate of drug-likeness (QED) is 0.634. The fourth-order valence-electron chi connectivity index (χ4n) is 2.70. The molecular formula is C23H21N3O2S. The largest absolute Gasteiger partial charge is 0.332 e. The second-order valence-electron chi connectivity index (χ2n) is 6.55. The van der Waals surface area contributed by atoms with Crippen molar-refractivity contribution in [2.24, 2.45) is 0 Å². The molecule has 0 heterocycles. The van der Waals surface area contributed by atoms with Gasteiger partial charge in [0.2, 0.25) is 0 Å². The Balaban J connectivity index is 1.60. The zero-order valence-corrected chi connectivity index (χ0v) is 17.0. The molecule has 0 spiro atoms. The molecule has 0 aromatic heterocycles. The molecule has 3 rings (SSSR count). The van der Waals surface area contributed by atoms with Crippen LogP contribution in [0, 0.1) is 6.92 Å². The number of nitrogens with zero attached hydrogens (tertiary/aromatic N) is 1. The molecule has 0 unspecified atom stereocenters. The van der Waals surface area contributed by atoms with E-state index in [-0.39, 0.29) is 16.9 Å². The van der Waals surface area contributed by atoms with Crippen LogP contribution in [-0.4, -0.2) is 24.0 Å². The minimum Gasteiger partial charge on any atom is -0.332 e. The highest BCUT2D eigenvalue weighted by Gasteiger charge is 2.13. The number of carbonyl (C=O) groups excluding carboxylic acids is 2. The Bertz CT molecular complexity index is 1020. The van der Waals surface area contributed by atoms with Crippen molar-refractivity contribution in [3.05, 3.63) is 95.6 Å². The summed E-state index contributed by atoms with van der Waals surface area (Å²) in [6.07, 6.45) is 0. The van der Waals surface area contributed by atoms with Gasteiger partial charge in [-0.1, -0.05) is 35.9 Å². The number of hydrogen-bond acceptors (Lipinski definition) is 3. The van der Waals surface area contributed by atoms with Gasteiger partial charge in [0, 0.05) is 29.5 Å². The van der Waals surface area contributed by atoms with E-state index in [0.29, 0.717) is 16.8 Å². The summed E-state index contributed by atoms with van der Waals surface area (Å²) in [5.74, 6) is -0.392. The molecule has 3 aromatic carbocycles. The second kappa shape index (κ2) is 9.12. The van der Waals surface area contributed by atoms with E-state index < -0.39 is 0 Å². The lowest BCUT2D eigenvalue weighted by Gasteiger charge is -2.17. The van der Waals surface area contributed by atoms with Gasteiger partial charge in [-0.15, -0.1) is 0 Å². The smallest absolute Gasteiger partial charge is 0.258 e. The summed E-state index contributed by atoms with van der Waals surface area (Å²) in [7, 11) is 1.74. The maximum absolute atomic E-state index is 12.6. The molecule has 2 N–H and O–H groups in total. The highest BCUT2D eigenvalue weighted by atomic mass is 32.1. The second-order valence-corrected chi connectivity index (χ2v) is 6.96. The highest BCUT2D eigenvalue weighted by Crippen LogP contribution is 2.16. The molecule has 0 aliphatic carbocycles. The van der Waals surface area contributed by atoms with Gasteiger partial charge in [0.1, 0.15) is 0 Å². The van der Waals surface area contributed by atoms with E-state index >= 15 is 0 Å². The highest BCUT2D eigenvalue weighted by molar-refractivity contribution is 7.80. The third-order valence-corrected chi connectivity index (χ3v) is 4.58. The van der Waals surface area contributed by atoms with E-state index in [2.05, 4.69) is 10.6 Å². The number of rotatable bonds is 4. The van der Waals surface area contributed by atoms with Crippen molar-refractivity contribution in [2.75, 3.05) is 17.3 Å². The molecule has 29 heavy (non-hydrogen) atoms. The monoisotopic (exact) mass is 403 g/mol. The molecule has 0 saturated heterocycles. The van der Waals surface area contributed by atoms with E-state index in [4.69, 9.17) is 12.2 Å². The molecule has 0 aliphatic heterocycles. The Morgan fingerprint density at radius 1 is 0.828 bits per heavy atom. The van der Waals surface area contributed by atoms with Gasteiger partial charge in [0.25, 0.3) is 11.8 Å². The minimum atomic E-state index is -0.279. The van der Waals surface area contributed by atoms with E-state index in [1.807, 2.05) is 49.4 Å². The molecule has 6 heteroatoms. The van der Waals surface area contributed by atoms with E-state index in [9.17, 15) is 9.59 Å². The zero-order chi connectivity index (χ0) is 20.8. The third kappa shape index (κ3) is 5.27. The summed E-state index contributed by atoms with van der Waals surface area (Å²) >= 11 is 5.21. The molecule has 5 nitrogen and oxygen atoms in total. The van der Waals surface area contributed by atoms with Gasteiger partial charge in [-0.3, -0.25) is 14.9 Å². The van der Waals surface area contributed by atoms with Crippen molar-refractivity contribution in [3.8, 4) is 0 Å². The predicted octanol–water partition coefficient (Wildman–Crippen LogP) is 4.40. The number of aryl methyl sites for hydroxylation is 1. The summed E-state index contributed by atoms with van der Waals surface area (Å²) in [6, 6.07) is 23.6. The van der Waals surface area contributed by atoms with E-state index in [1.54, 1.807) is 48.3 Å². The Morgan fingerprint density at radius 2 is 1.41 bits per heavy atom. The van der Waals surface area contributed by atoms with Gasteiger partial charge in [-0.2, -0.15) is 0 Å². The standard InChI is InChI=1S/C23H21N3O2S/c1-16-8-10-17(11-9-16)21(27)25-23(29)24-19-14-12-18(13-15-19)22(28)26(2)20-6-4-3-5-7-20/h3-15H,1-2H3,(H2,24,25,27,29). The Hall–Kier alpha value is -3.51. The van der Waals surface area contributed by atoms with Crippen molar-refractivity contribution >= 4 is 40.5 Å². The first kappa shape index (κ1) is 20.2. The van der Waals surface area contributed by atoms with Crippen LogP contribution in [0.1, 0.15) is 26.3 Å². The van der Waals surface area contributed by atoms with Crippen LogP contribution in [0.2, 0.25) is 0 Å². The number of hydrogen-bond donors (Lipinski definition) is 2. The Morgan fingerprint density at radius 3 is 2.03 bits per heavy atom. The van der Waals surface area contributed by atoms with Crippen LogP contribution < -0.4 is 15.5 Å². The van der Waals surface area contributed by atoms with Crippen LogP contribution in [0.25, 0.3) is 0 Å². The van der Waals surface area contributed by atoms with Crippen LogP contribution >= 0.6 is 12.2 Å². The van der Waals surface area contributed by atoms with Crippen molar-refractivity contribution in [2.45, 2.75) is 6.92 Å². The lowest BCUT2D eigenvalue weighted by Crippen LogP contribution is -2.34. The number of benzene rings is 3. The first-order valence-electron chi connectivity index (χ1n) is 9.06. The van der Waals surface area contributed by atoms with Gasteiger partial charge in [-0.05, 0) is 67.7 Å². The van der Waals surface area contributed by atoms with Gasteiger partial charge in [-0.25, -0.2) is 0 Å². The van der Waals surface area contributed by atoms with Crippen molar-refractivity contribution in [3.63, 3.8) is 0 Å². The first-order chi connectivity index (χ1) is 13.9. The van der Waals surface area contributed by atoms with E-state index in [0.717, 1.165) is 11.3 Å². The fraction of sp³-hybridized carbons (Fsp3) is 0.0870. The minimum absolute atomic E-state index is 0.113. The number of carbonyl (C=O) groups is 2. The van der Waals surface area contributed by atoms with Gasteiger partial charge >= 0.3 is 0 Å². The fourth-order valence-corrected chi connectivity index (χ4v) is 2.91. The van der Waals surface area contributed by atoms with Crippen molar-refractivity contribution in [1.29, 1.82) is 0 Å². The number of thiocarbonyl (C=S) groups is 1. The van der Waals surface area contributed by atoms with Crippen LogP contribution in [0.15, 0.2) is 78.9 Å². The molecule has 0 radical (unpaired) electrons. The Labute approximate surface area is 175 Å². The van der Waals surface area contributed by atoms with Crippen LogP contribution in [0.4, 0.5) is 11.4 Å². The topological polar surface area (TPSA) is 61.4 Å². The molecule has 0 atom stereocenters. The maximum Gasteiger partial charge on any atom is 0.258 e. The zero-order valence-electron chi connectivity index (χ0n) is 16.2. The number of amides is 2. The van der Waals surface area contributed by atoms with Crippen LogP contribution in [-0.2, 0) is 0 Å². The molecule has 0 bridgehead atoms. The molecule has 2 amide bonds. The normalized spacial score (nSPS) is 10.1. The average Bonchev–Trinajstić information content (AvgIpc) is 2.74. The lowest BCUT2D eigenvalue weighted by molar-refractivity contribution is 0.0974. The third-order valence-electron chi connectivity index (χ3n) is 4.38. The maximum atomic E-state index is 12.6. The molecule has 0 aliphatic rings.